The lowest BCUT2D eigenvalue weighted by Crippen LogP contribution is -2.31. The highest BCUT2D eigenvalue weighted by molar-refractivity contribution is 5.51. The Hall–Kier alpha value is -1.80. The molecule has 2 aromatic carbocycles. The fourth-order valence-corrected chi connectivity index (χ4v) is 2.05. The molecule has 0 aliphatic rings. The van der Waals surface area contributed by atoms with Gasteiger partial charge in [-0.25, -0.2) is 0 Å². The van der Waals surface area contributed by atoms with Crippen LogP contribution in [0.3, 0.4) is 0 Å². The monoisotopic (exact) mass is 240 g/mol. The fourth-order valence-electron chi connectivity index (χ4n) is 2.05. The molecule has 2 aromatic rings. The molecular formula is C16H20N2. The van der Waals surface area contributed by atoms with Crippen molar-refractivity contribution in [3.63, 3.8) is 0 Å². The van der Waals surface area contributed by atoms with Gasteiger partial charge in [-0.1, -0.05) is 48.5 Å². The first-order valence-electron chi connectivity index (χ1n) is 6.36. The van der Waals surface area contributed by atoms with Crippen LogP contribution in [0.2, 0.25) is 0 Å². The van der Waals surface area contributed by atoms with Crippen molar-refractivity contribution in [2.24, 2.45) is 5.73 Å². The smallest absolute Gasteiger partial charge is 0.0424 e. The van der Waals surface area contributed by atoms with Crippen LogP contribution in [0, 0.1) is 6.92 Å². The molecule has 0 heterocycles. The molecule has 3 N–H and O–H groups in total. The summed E-state index contributed by atoms with van der Waals surface area (Å²) in [6, 6.07) is 19.0. The minimum Gasteiger partial charge on any atom is -0.380 e. The first-order valence-corrected chi connectivity index (χ1v) is 6.36. The maximum Gasteiger partial charge on any atom is 0.0424 e. The average molecular weight is 240 g/mol. The van der Waals surface area contributed by atoms with Gasteiger partial charge in [0.05, 0.1) is 0 Å². The van der Waals surface area contributed by atoms with E-state index in [1.54, 1.807) is 0 Å². The quantitative estimate of drug-likeness (QED) is 0.843. The van der Waals surface area contributed by atoms with Gasteiger partial charge >= 0.3 is 0 Å². The minimum absolute atomic E-state index is 0.272. The lowest BCUT2D eigenvalue weighted by Gasteiger charge is -2.19. The predicted molar refractivity (Wildman–Crippen MR) is 77.8 cm³/mol. The third kappa shape index (κ3) is 3.34. The van der Waals surface area contributed by atoms with E-state index in [2.05, 4.69) is 54.7 Å². The normalized spacial score (nSPS) is 12.1. The maximum absolute atomic E-state index is 5.86. The highest BCUT2D eigenvalue weighted by atomic mass is 14.9. The van der Waals surface area contributed by atoms with Crippen molar-refractivity contribution in [3.05, 3.63) is 65.7 Å². The molecule has 0 aliphatic carbocycles. The molecule has 1 unspecified atom stereocenters. The van der Waals surface area contributed by atoms with Crippen LogP contribution in [0.15, 0.2) is 54.6 Å². The van der Waals surface area contributed by atoms with Gasteiger partial charge in [0, 0.05) is 18.3 Å². The Morgan fingerprint density at radius 2 is 1.67 bits per heavy atom. The summed E-state index contributed by atoms with van der Waals surface area (Å²) in [4.78, 5) is 0. The van der Waals surface area contributed by atoms with Gasteiger partial charge in [0.2, 0.25) is 0 Å². The second-order valence-corrected chi connectivity index (χ2v) is 4.58. The van der Waals surface area contributed by atoms with Crippen molar-refractivity contribution in [3.8, 4) is 0 Å². The van der Waals surface area contributed by atoms with E-state index in [1.807, 2.05) is 12.1 Å². The number of aryl methyl sites for hydroxylation is 1. The molecule has 0 aliphatic heterocycles. The first-order chi connectivity index (χ1) is 8.79. The van der Waals surface area contributed by atoms with Gasteiger partial charge < -0.3 is 11.1 Å². The zero-order valence-corrected chi connectivity index (χ0v) is 10.8. The number of rotatable bonds is 5. The first kappa shape index (κ1) is 12.7. The van der Waals surface area contributed by atoms with Crippen molar-refractivity contribution < 1.29 is 0 Å². The summed E-state index contributed by atoms with van der Waals surface area (Å²) in [5.74, 6) is 0. The van der Waals surface area contributed by atoms with Crippen LogP contribution < -0.4 is 11.1 Å². The van der Waals surface area contributed by atoms with E-state index in [9.17, 15) is 0 Å². The van der Waals surface area contributed by atoms with Gasteiger partial charge in [-0.3, -0.25) is 0 Å². The number of nitrogens with one attached hydrogen (secondary N) is 1. The Kier molecular flexibility index (Phi) is 4.37. The number of hydrogen-bond acceptors (Lipinski definition) is 2. The lowest BCUT2D eigenvalue weighted by atomic mass is 10.1. The van der Waals surface area contributed by atoms with Gasteiger partial charge in [0.25, 0.3) is 0 Å². The van der Waals surface area contributed by atoms with Crippen LogP contribution >= 0.6 is 0 Å². The van der Waals surface area contributed by atoms with Crippen LogP contribution in [0.5, 0.6) is 0 Å². The Balaban J connectivity index is 2.04. The highest BCUT2D eigenvalue weighted by Gasteiger charge is 2.08. The van der Waals surface area contributed by atoms with Crippen molar-refractivity contribution in [2.45, 2.75) is 19.4 Å². The third-order valence-corrected chi connectivity index (χ3v) is 3.11. The van der Waals surface area contributed by atoms with E-state index in [-0.39, 0.29) is 6.04 Å². The van der Waals surface area contributed by atoms with Gasteiger partial charge in [0.15, 0.2) is 0 Å². The summed E-state index contributed by atoms with van der Waals surface area (Å²) in [6.45, 7) is 2.74. The molecule has 0 aromatic heterocycles. The van der Waals surface area contributed by atoms with E-state index in [1.165, 1.54) is 16.8 Å². The summed E-state index contributed by atoms with van der Waals surface area (Å²) < 4.78 is 0. The maximum atomic E-state index is 5.86. The SMILES string of the molecule is Cc1ccccc1NC(CN)Cc1ccccc1. The van der Waals surface area contributed by atoms with Crippen LogP contribution in [-0.4, -0.2) is 12.6 Å². The molecule has 2 rings (SSSR count). The molecule has 18 heavy (non-hydrogen) atoms. The van der Waals surface area contributed by atoms with Gasteiger partial charge in [-0.15, -0.1) is 0 Å². The molecule has 2 nitrogen and oxygen atoms in total. The topological polar surface area (TPSA) is 38.0 Å². The fraction of sp³-hybridized carbons (Fsp3) is 0.250. The summed E-state index contributed by atoms with van der Waals surface area (Å²) in [7, 11) is 0. The van der Waals surface area contributed by atoms with Crippen molar-refractivity contribution in [2.75, 3.05) is 11.9 Å². The van der Waals surface area contributed by atoms with Crippen LogP contribution in [0.1, 0.15) is 11.1 Å². The largest absolute Gasteiger partial charge is 0.380 e. The molecule has 0 bridgehead atoms. The van der Waals surface area contributed by atoms with Crippen LogP contribution in [0.4, 0.5) is 5.69 Å². The Morgan fingerprint density at radius 1 is 1.00 bits per heavy atom. The summed E-state index contributed by atoms with van der Waals surface area (Å²) in [6.07, 6.45) is 0.950. The second kappa shape index (κ2) is 6.22. The summed E-state index contributed by atoms with van der Waals surface area (Å²) >= 11 is 0. The molecule has 94 valence electrons. The van der Waals surface area contributed by atoms with E-state index in [0.29, 0.717) is 6.54 Å². The standard InChI is InChI=1S/C16H20N2/c1-13-7-5-6-10-16(13)18-15(12-17)11-14-8-3-2-4-9-14/h2-10,15,18H,11-12,17H2,1H3. The highest BCUT2D eigenvalue weighted by Crippen LogP contribution is 2.15. The van der Waals surface area contributed by atoms with Gasteiger partial charge in [0.1, 0.15) is 0 Å². The molecule has 1 atom stereocenters. The van der Waals surface area contributed by atoms with Crippen LogP contribution in [0.25, 0.3) is 0 Å². The average Bonchev–Trinajstić information content (AvgIpc) is 2.41. The van der Waals surface area contributed by atoms with Gasteiger partial charge in [-0.05, 0) is 30.5 Å². The molecule has 0 amide bonds. The molecule has 0 fully saturated rings. The van der Waals surface area contributed by atoms with Crippen LogP contribution in [-0.2, 0) is 6.42 Å². The molecule has 0 saturated carbocycles. The number of hydrogen-bond donors (Lipinski definition) is 2. The summed E-state index contributed by atoms with van der Waals surface area (Å²) in [5.41, 5.74) is 9.59. The lowest BCUT2D eigenvalue weighted by molar-refractivity contribution is 0.723. The zero-order chi connectivity index (χ0) is 12.8. The number of nitrogens with two attached hydrogens (primary N) is 1. The molecule has 0 spiro atoms. The minimum atomic E-state index is 0.272. The van der Waals surface area contributed by atoms with Crippen molar-refractivity contribution in [1.82, 2.24) is 0 Å². The second-order valence-electron chi connectivity index (χ2n) is 4.58. The number of benzene rings is 2. The third-order valence-electron chi connectivity index (χ3n) is 3.11. The summed E-state index contributed by atoms with van der Waals surface area (Å²) in [5, 5.41) is 3.52. The molecule has 0 radical (unpaired) electrons. The van der Waals surface area contributed by atoms with E-state index in [0.717, 1.165) is 6.42 Å². The van der Waals surface area contributed by atoms with Gasteiger partial charge in [-0.2, -0.15) is 0 Å². The molecule has 2 heteroatoms. The Labute approximate surface area is 109 Å². The Morgan fingerprint density at radius 3 is 2.33 bits per heavy atom. The van der Waals surface area contributed by atoms with E-state index in [4.69, 9.17) is 5.73 Å². The van der Waals surface area contributed by atoms with Crippen molar-refractivity contribution >= 4 is 5.69 Å². The van der Waals surface area contributed by atoms with E-state index < -0.39 is 0 Å². The number of para-hydroxylation sites is 1. The molecular weight excluding hydrogens is 220 g/mol. The van der Waals surface area contributed by atoms with E-state index >= 15 is 0 Å². The zero-order valence-electron chi connectivity index (χ0n) is 10.8. The number of anilines is 1. The Bertz CT molecular complexity index is 479. The predicted octanol–water partition coefficient (Wildman–Crippen LogP) is 2.98. The molecule has 0 saturated heterocycles. The van der Waals surface area contributed by atoms with Crippen molar-refractivity contribution in [1.29, 1.82) is 0 Å².